The summed E-state index contributed by atoms with van der Waals surface area (Å²) < 4.78 is 25.9. The second-order valence-corrected chi connectivity index (χ2v) is 5.75. The molecule has 10 heteroatoms. The van der Waals surface area contributed by atoms with Crippen LogP contribution in [0.5, 0.6) is 0 Å². The van der Waals surface area contributed by atoms with Gasteiger partial charge >= 0.3 is 5.97 Å². The molecular formula is C10H16N4O5S. The molecule has 1 rings (SSSR count). The number of nitrogens with two attached hydrogens (primary N) is 1. The van der Waals surface area contributed by atoms with Crippen molar-refractivity contribution in [3.8, 4) is 0 Å². The molecule has 1 aromatic rings. The Morgan fingerprint density at radius 2 is 2.20 bits per heavy atom. The highest BCUT2D eigenvalue weighted by Gasteiger charge is 2.26. The van der Waals surface area contributed by atoms with E-state index >= 15 is 0 Å². The van der Waals surface area contributed by atoms with Crippen LogP contribution in [-0.2, 0) is 26.0 Å². The van der Waals surface area contributed by atoms with Gasteiger partial charge in [0.25, 0.3) is 10.0 Å². The predicted molar refractivity (Wildman–Crippen MR) is 68.1 cm³/mol. The van der Waals surface area contributed by atoms with Gasteiger partial charge in [-0.2, -0.15) is 4.72 Å². The van der Waals surface area contributed by atoms with Crippen LogP contribution >= 0.6 is 0 Å². The molecule has 5 N–H and O–H groups in total. The van der Waals surface area contributed by atoms with Crippen LogP contribution in [0.4, 0.5) is 0 Å². The van der Waals surface area contributed by atoms with E-state index in [1.54, 1.807) is 6.92 Å². The Bertz CT molecular complexity index is 595. The zero-order valence-electron chi connectivity index (χ0n) is 10.8. The number of carboxylic acid groups (broad SMARTS) is 1. The zero-order valence-corrected chi connectivity index (χ0v) is 11.6. The quantitative estimate of drug-likeness (QED) is 0.481. The van der Waals surface area contributed by atoms with Crippen molar-refractivity contribution >= 4 is 21.9 Å². The summed E-state index contributed by atoms with van der Waals surface area (Å²) in [6.07, 6.45) is 1.16. The van der Waals surface area contributed by atoms with E-state index in [0.717, 1.165) is 6.20 Å². The number of rotatable bonds is 8. The summed E-state index contributed by atoms with van der Waals surface area (Å²) in [5, 5.41) is 8.72. The number of aromatic amines is 1. The largest absolute Gasteiger partial charge is 0.480 e. The number of carbonyl (C=O) groups is 2. The minimum absolute atomic E-state index is 0.223. The van der Waals surface area contributed by atoms with Gasteiger partial charge in [-0.25, -0.2) is 13.4 Å². The van der Waals surface area contributed by atoms with Crippen LogP contribution in [0.15, 0.2) is 11.2 Å². The highest BCUT2D eigenvalue weighted by molar-refractivity contribution is 7.89. The van der Waals surface area contributed by atoms with Crippen molar-refractivity contribution in [3.05, 3.63) is 12.0 Å². The topological polar surface area (TPSA) is 155 Å². The van der Waals surface area contributed by atoms with Crippen LogP contribution in [0, 0.1) is 0 Å². The number of hydrogen-bond acceptors (Lipinski definition) is 5. The summed E-state index contributed by atoms with van der Waals surface area (Å²) in [6.45, 7) is 1.79. The number of aromatic nitrogens is 2. The van der Waals surface area contributed by atoms with Crippen LogP contribution in [0.2, 0.25) is 0 Å². The Balaban J connectivity index is 2.85. The first-order valence-electron chi connectivity index (χ1n) is 5.83. The summed E-state index contributed by atoms with van der Waals surface area (Å²) in [5.74, 6) is -1.62. The van der Waals surface area contributed by atoms with E-state index in [0.29, 0.717) is 12.2 Å². The monoisotopic (exact) mass is 304 g/mol. The lowest BCUT2D eigenvalue weighted by Crippen LogP contribution is -2.41. The van der Waals surface area contributed by atoms with Gasteiger partial charge in [0.1, 0.15) is 11.9 Å². The Kier molecular flexibility index (Phi) is 5.22. The molecule has 0 aliphatic carbocycles. The standard InChI is InChI=1S/C10H16N4O5S/c1-2-8-12-5-9(13-8)20(18,19)14-6(10(16)17)3-4-7(11)15/h5-6,14H,2-4H2,1H3,(H2,11,15)(H,12,13)(H,16,17)/t6-/m0/s1. The number of aryl methyl sites for hydroxylation is 1. The van der Waals surface area contributed by atoms with Crippen LogP contribution in [0.25, 0.3) is 0 Å². The molecule has 112 valence electrons. The lowest BCUT2D eigenvalue weighted by Gasteiger charge is -2.12. The van der Waals surface area contributed by atoms with Crippen molar-refractivity contribution in [2.24, 2.45) is 5.73 Å². The first-order chi connectivity index (χ1) is 9.26. The lowest BCUT2D eigenvalue weighted by molar-refractivity contribution is -0.139. The maximum Gasteiger partial charge on any atom is 0.321 e. The maximum absolute atomic E-state index is 12.0. The van der Waals surface area contributed by atoms with E-state index < -0.39 is 27.9 Å². The smallest absolute Gasteiger partial charge is 0.321 e. The first kappa shape index (κ1) is 16.1. The summed E-state index contributed by atoms with van der Waals surface area (Å²) in [6, 6.07) is -1.43. The fraction of sp³-hybridized carbons (Fsp3) is 0.500. The molecule has 1 atom stereocenters. The molecule has 1 aromatic heterocycles. The summed E-state index contributed by atoms with van der Waals surface area (Å²) in [7, 11) is -4.04. The number of sulfonamides is 1. The molecule has 0 bridgehead atoms. The minimum atomic E-state index is -4.04. The van der Waals surface area contributed by atoms with Crippen LogP contribution in [-0.4, -0.2) is 41.4 Å². The van der Waals surface area contributed by atoms with Crippen molar-refractivity contribution in [3.63, 3.8) is 0 Å². The molecule has 20 heavy (non-hydrogen) atoms. The average molecular weight is 304 g/mol. The third-order valence-electron chi connectivity index (χ3n) is 2.50. The van der Waals surface area contributed by atoms with Gasteiger partial charge in [0.2, 0.25) is 5.91 Å². The van der Waals surface area contributed by atoms with E-state index in [4.69, 9.17) is 10.8 Å². The number of carboxylic acids is 1. The van der Waals surface area contributed by atoms with Crippen molar-refractivity contribution in [2.45, 2.75) is 37.3 Å². The molecule has 0 radical (unpaired) electrons. The number of carbonyl (C=O) groups excluding carboxylic acids is 1. The fourth-order valence-corrected chi connectivity index (χ4v) is 2.59. The average Bonchev–Trinajstić information content (AvgIpc) is 2.83. The zero-order chi connectivity index (χ0) is 15.3. The Morgan fingerprint density at radius 3 is 2.65 bits per heavy atom. The van der Waals surface area contributed by atoms with Gasteiger partial charge in [0.15, 0.2) is 5.03 Å². The van der Waals surface area contributed by atoms with Crippen molar-refractivity contribution < 1.29 is 23.1 Å². The number of primary amides is 1. The number of nitrogens with zero attached hydrogens (tertiary/aromatic N) is 1. The number of H-pyrrole nitrogens is 1. The van der Waals surface area contributed by atoms with Gasteiger partial charge in [-0.05, 0) is 6.42 Å². The molecule has 1 heterocycles. The summed E-state index contributed by atoms with van der Waals surface area (Å²) >= 11 is 0. The summed E-state index contributed by atoms with van der Waals surface area (Å²) in [4.78, 5) is 28.0. The van der Waals surface area contributed by atoms with Crippen molar-refractivity contribution in [2.75, 3.05) is 0 Å². The second kappa shape index (κ2) is 6.48. The van der Waals surface area contributed by atoms with Gasteiger partial charge in [0, 0.05) is 12.8 Å². The maximum atomic E-state index is 12.0. The van der Waals surface area contributed by atoms with Gasteiger partial charge in [0.05, 0.1) is 6.20 Å². The number of hydrogen-bond donors (Lipinski definition) is 4. The Hall–Kier alpha value is -1.94. The lowest BCUT2D eigenvalue weighted by atomic mass is 10.2. The SMILES string of the molecule is CCc1ncc(S(=O)(=O)N[C@@H](CCC(N)=O)C(=O)O)[nH]1. The normalized spacial score (nSPS) is 13.1. The highest BCUT2D eigenvalue weighted by Crippen LogP contribution is 2.09. The van der Waals surface area contributed by atoms with E-state index in [-0.39, 0.29) is 17.9 Å². The van der Waals surface area contributed by atoms with E-state index in [1.165, 1.54) is 0 Å². The second-order valence-electron chi connectivity index (χ2n) is 4.06. The molecule has 0 aliphatic rings. The molecule has 1 amide bonds. The fourth-order valence-electron chi connectivity index (χ4n) is 1.43. The molecule has 0 saturated carbocycles. The van der Waals surface area contributed by atoms with E-state index in [9.17, 15) is 18.0 Å². The Labute approximate surface area is 115 Å². The first-order valence-corrected chi connectivity index (χ1v) is 7.32. The van der Waals surface area contributed by atoms with Gasteiger partial charge < -0.3 is 15.8 Å². The molecular weight excluding hydrogens is 288 g/mol. The third kappa shape index (κ3) is 4.31. The van der Waals surface area contributed by atoms with Crippen LogP contribution < -0.4 is 10.5 Å². The number of aliphatic carboxylic acids is 1. The van der Waals surface area contributed by atoms with E-state index in [2.05, 4.69) is 9.97 Å². The predicted octanol–water partition coefficient (Wildman–Crippen LogP) is -1.03. The van der Waals surface area contributed by atoms with Gasteiger partial charge in [-0.3, -0.25) is 9.59 Å². The molecule has 9 nitrogen and oxygen atoms in total. The molecule has 0 spiro atoms. The minimum Gasteiger partial charge on any atom is -0.480 e. The van der Waals surface area contributed by atoms with Crippen LogP contribution in [0.3, 0.4) is 0 Å². The summed E-state index contributed by atoms with van der Waals surface area (Å²) in [5.41, 5.74) is 4.91. The highest BCUT2D eigenvalue weighted by atomic mass is 32.2. The van der Waals surface area contributed by atoms with Crippen molar-refractivity contribution in [1.82, 2.24) is 14.7 Å². The third-order valence-corrected chi connectivity index (χ3v) is 3.89. The molecule has 0 saturated heterocycles. The Morgan fingerprint density at radius 1 is 1.55 bits per heavy atom. The molecule has 0 aliphatic heterocycles. The molecule has 0 fully saturated rings. The van der Waals surface area contributed by atoms with Crippen LogP contribution in [0.1, 0.15) is 25.6 Å². The molecule has 0 aromatic carbocycles. The number of amides is 1. The molecule has 0 unspecified atom stereocenters. The van der Waals surface area contributed by atoms with Gasteiger partial charge in [-0.1, -0.05) is 6.92 Å². The van der Waals surface area contributed by atoms with E-state index in [1.807, 2.05) is 4.72 Å². The number of imidazole rings is 1. The number of nitrogens with one attached hydrogen (secondary N) is 2. The van der Waals surface area contributed by atoms with Gasteiger partial charge in [-0.15, -0.1) is 0 Å². The van der Waals surface area contributed by atoms with Crippen molar-refractivity contribution in [1.29, 1.82) is 0 Å².